The quantitative estimate of drug-likeness (QED) is 0.890. The zero-order valence-electron chi connectivity index (χ0n) is 14.2. The maximum Gasteiger partial charge on any atom is 0.240 e. The Morgan fingerprint density at radius 1 is 1.08 bits per heavy atom. The molecule has 25 heavy (non-hydrogen) atoms. The molecule has 1 atom stereocenters. The fraction of sp³-hybridized carbons (Fsp3) is 0.316. The van der Waals surface area contributed by atoms with E-state index in [4.69, 9.17) is 0 Å². The third-order valence-corrected chi connectivity index (χ3v) is 5.79. The van der Waals surface area contributed by atoms with Crippen molar-refractivity contribution in [1.82, 2.24) is 9.62 Å². The SMILES string of the molecule is C[C@H](NS(=O)(=O)Cc1ccccc1)C(=O)N1CCc2ccccc2C1. The highest BCUT2D eigenvalue weighted by molar-refractivity contribution is 7.88. The molecule has 0 saturated heterocycles. The minimum atomic E-state index is -3.58. The Bertz CT molecular complexity index is 850. The van der Waals surface area contributed by atoms with Gasteiger partial charge in [-0.05, 0) is 30.0 Å². The first-order chi connectivity index (χ1) is 11.9. The van der Waals surface area contributed by atoms with Crippen molar-refractivity contribution >= 4 is 15.9 Å². The average Bonchev–Trinajstić information content (AvgIpc) is 2.60. The number of rotatable bonds is 5. The van der Waals surface area contributed by atoms with E-state index in [0.717, 1.165) is 12.0 Å². The molecule has 0 spiro atoms. The van der Waals surface area contributed by atoms with Gasteiger partial charge in [0.2, 0.25) is 15.9 Å². The Balaban J connectivity index is 1.63. The molecule has 0 radical (unpaired) electrons. The van der Waals surface area contributed by atoms with E-state index in [1.807, 2.05) is 24.3 Å². The van der Waals surface area contributed by atoms with Crippen molar-refractivity contribution in [1.29, 1.82) is 0 Å². The standard InChI is InChI=1S/C19H22N2O3S/c1-15(20-25(23,24)14-16-7-3-2-4-8-16)19(22)21-12-11-17-9-5-6-10-18(17)13-21/h2-10,15,20H,11-14H2,1H3/t15-/m0/s1. The van der Waals surface area contributed by atoms with E-state index in [2.05, 4.69) is 10.8 Å². The van der Waals surface area contributed by atoms with Crippen molar-refractivity contribution in [2.45, 2.75) is 31.7 Å². The van der Waals surface area contributed by atoms with E-state index < -0.39 is 16.1 Å². The van der Waals surface area contributed by atoms with Gasteiger partial charge in [-0.15, -0.1) is 0 Å². The summed E-state index contributed by atoms with van der Waals surface area (Å²) in [5.74, 6) is -0.319. The second-order valence-electron chi connectivity index (χ2n) is 6.36. The third-order valence-electron chi connectivity index (χ3n) is 4.37. The van der Waals surface area contributed by atoms with Crippen molar-refractivity contribution in [3.63, 3.8) is 0 Å². The van der Waals surface area contributed by atoms with Crippen LogP contribution in [0.5, 0.6) is 0 Å². The predicted octanol–water partition coefficient (Wildman–Crippen LogP) is 2.08. The molecule has 0 bridgehead atoms. The summed E-state index contributed by atoms with van der Waals surface area (Å²) in [6, 6.07) is 16.2. The molecule has 1 N–H and O–H groups in total. The van der Waals surface area contributed by atoms with Crippen LogP contribution in [-0.4, -0.2) is 31.8 Å². The topological polar surface area (TPSA) is 66.5 Å². The molecule has 2 aromatic carbocycles. The first-order valence-electron chi connectivity index (χ1n) is 8.34. The van der Waals surface area contributed by atoms with E-state index in [1.54, 1.807) is 36.1 Å². The number of amides is 1. The number of carbonyl (C=O) groups is 1. The van der Waals surface area contributed by atoms with Crippen molar-refractivity contribution < 1.29 is 13.2 Å². The van der Waals surface area contributed by atoms with Gasteiger partial charge in [0.25, 0.3) is 0 Å². The van der Waals surface area contributed by atoms with Crippen molar-refractivity contribution in [3.05, 3.63) is 71.3 Å². The van der Waals surface area contributed by atoms with Crippen molar-refractivity contribution in [2.24, 2.45) is 0 Å². The molecule has 1 aliphatic rings. The highest BCUT2D eigenvalue weighted by Crippen LogP contribution is 2.19. The van der Waals surface area contributed by atoms with Crippen molar-refractivity contribution in [2.75, 3.05) is 6.54 Å². The van der Waals surface area contributed by atoms with Crippen LogP contribution in [0.25, 0.3) is 0 Å². The summed E-state index contributed by atoms with van der Waals surface area (Å²) in [6.45, 7) is 2.74. The zero-order valence-corrected chi connectivity index (χ0v) is 15.0. The molecule has 0 unspecified atom stereocenters. The van der Waals surface area contributed by atoms with Gasteiger partial charge in [-0.1, -0.05) is 54.6 Å². The maximum absolute atomic E-state index is 12.6. The van der Waals surface area contributed by atoms with Gasteiger partial charge >= 0.3 is 0 Å². The van der Waals surface area contributed by atoms with Crippen LogP contribution in [0.1, 0.15) is 23.6 Å². The van der Waals surface area contributed by atoms with Gasteiger partial charge in [-0.3, -0.25) is 4.79 Å². The Morgan fingerprint density at radius 3 is 2.44 bits per heavy atom. The van der Waals surface area contributed by atoms with E-state index >= 15 is 0 Å². The van der Waals surface area contributed by atoms with Gasteiger partial charge < -0.3 is 4.90 Å². The number of sulfonamides is 1. The number of benzene rings is 2. The lowest BCUT2D eigenvalue weighted by atomic mass is 9.99. The Labute approximate surface area is 148 Å². The van der Waals surface area contributed by atoms with Gasteiger partial charge in [0.15, 0.2) is 0 Å². The highest BCUT2D eigenvalue weighted by atomic mass is 32.2. The average molecular weight is 358 g/mol. The molecule has 5 nitrogen and oxygen atoms in total. The lowest BCUT2D eigenvalue weighted by Gasteiger charge is -2.31. The first-order valence-corrected chi connectivity index (χ1v) is 9.99. The summed E-state index contributed by atoms with van der Waals surface area (Å²) in [4.78, 5) is 14.4. The fourth-order valence-electron chi connectivity index (χ4n) is 3.11. The molecule has 1 heterocycles. The fourth-order valence-corrected chi connectivity index (χ4v) is 4.47. The van der Waals surface area contributed by atoms with E-state index in [9.17, 15) is 13.2 Å². The second kappa shape index (κ2) is 7.37. The molecular weight excluding hydrogens is 336 g/mol. The monoisotopic (exact) mass is 358 g/mol. The van der Waals surface area contributed by atoms with Crippen LogP contribution in [0, 0.1) is 0 Å². The largest absolute Gasteiger partial charge is 0.337 e. The van der Waals surface area contributed by atoms with Crippen LogP contribution < -0.4 is 4.72 Å². The molecule has 1 aliphatic heterocycles. The summed E-state index contributed by atoms with van der Waals surface area (Å²) in [7, 11) is -3.58. The predicted molar refractivity (Wildman–Crippen MR) is 97.2 cm³/mol. The molecule has 2 aromatic rings. The Morgan fingerprint density at radius 2 is 1.72 bits per heavy atom. The normalized spacial score (nSPS) is 15.5. The number of fused-ring (bicyclic) bond motifs is 1. The van der Waals surface area contributed by atoms with E-state index in [0.29, 0.717) is 18.7 Å². The summed E-state index contributed by atoms with van der Waals surface area (Å²) >= 11 is 0. The number of nitrogens with zero attached hydrogens (tertiary/aromatic N) is 1. The summed E-state index contributed by atoms with van der Waals surface area (Å²) in [5.41, 5.74) is 3.08. The molecule has 0 aliphatic carbocycles. The smallest absolute Gasteiger partial charge is 0.240 e. The molecule has 1 amide bonds. The van der Waals surface area contributed by atoms with Gasteiger partial charge in [-0.2, -0.15) is 0 Å². The van der Waals surface area contributed by atoms with Crippen LogP contribution in [0.3, 0.4) is 0 Å². The zero-order chi connectivity index (χ0) is 17.9. The van der Waals surface area contributed by atoms with Crippen LogP contribution in [-0.2, 0) is 33.5 Å². The van der Waals surface area contributed by atoms with E-state index in [1.165, 1.54) is 5.56 Å². The molecule has 132 valence electrons. The van der Waals surface area contributed by atoms with Crippen LogP contribution in [0.2, 0.25) is 0 Å². The number of carbonyl (C=O) groups excluding carboxylic acids is 1. The first kappa shape index (κ1) is 17.6. The molecule has 0 saturated carbocycles. The minimum Gasteiger partial charge on any atom is -0.337 e. The lowest BCUT2D eigenvalue weighted by Crippen LogP contribution is -2.48. The molecular formula is C19H22N2O3S. The van der Waals surface area contributed by atoms with E-state index in [-0.39, 0.29) is 11.7 Å². The molecule has 0 fully saturated rings. The molecule has 6 heteroatoms. The summed E-state index contributed by atoms with van der Waals surface area (Å²) in [6.07, 6.45) is 0.797. The highest BCUT2D eigenvalue weighted by Gasteiger charge is 2.27. The number of hydrogen-bond acceptors (Lipinski definition) is 3. The van der Waals surface area contributed by atoms with Gasteiger partial charge in [0, 0.05) is 13.1 Å². The number of hydrogen-bond donors (Lipinski definition) is 1. The third kappa shape index (κ3) is 4.46. The Hall–Kier alpha value is -2.18. The van der Waals surface area contributed by atoms with Crippen LogP contribution >= 0.6 is 0 Å². The van der Waals surface area contributed by atoms with Gasteiger partial charge in [-0.25, -0.2) is 13.1 Å². The van der Waals surface area contributed by atoms with Gasteiger partial charge in [0.05, 0.1) is 11.8 Å². The molecule has 3 rings (SSSR count). The summed E-state index contributed by atoms with van der Waals surface area (Å²) in [5, 5.41) is 0. The second-order valence-corrected chi connectivity index (χ2v) is 8.12. The van der Waals surface area contributed by atoms with Crippen LogP contribution in [0.15, 0.2) is 54.6 Å². The minimum absolute atomic E-state index is 0.131. The van der Waals surface area contributed by atoms with Crippen molar-refractivity contribution in [3.8, 4) is 0 Å². The number of nitrogens with one attached hydrogen (secondary N) is 1. The summed E-state index contributed by atoms with van der Waals surface area (Å²) < 4.78 is 27.1. The van der Waals surface area contributed by atoms with Crippen LogP contribution in [0.4, 0.5) is 0 Å². The lowest BCUT2D eigenvalue weighted by molar-refractivity contribution is -0.133. The Kier molecular flexibility index (Phi) is 5.20. The van der Waals surface area contributed by atoms with Gasteiger partial charge in [0.1, 0.15) is 0 Å². The molecule has 0 aromatic heterocycles. The maximum atomic E-state index is 12.6.